The summed E-state index contributed by atoms with van der Waals surface area (Å²) < 4.78 is 5.06. The van der Waals surface area contributed by atoms with Crippen molar-refractivity contribution in [2.45, 2.75) is 52.4 Å². The lowest BCUT2D eigenvalue weighted by atomic mass is 10.0. The zero-order valence-electron chi connectivity index (χ0n) is 21.6. The molecule has 0 aliphatic carbocycles. The predicted molar refractivity (Wildman–Crippen MR) is 144 cm³/mol. The Hall–Kier alpha value is -3.19. The molecule has 7 nitrogen and oxygen atoms in total. The van der Waals surface area contributed by atoms with Crippen LogP contribution in [0.4, 0.5) is 11.4 Å². The van der Waals surface area contributed by atoms with Crippen LogP contribution >= 0.6 is 0 Å². The fraction of sp³-hybridized carbons (Fsp3) is 0.483. The smallest absolute Gasteiger partial charge is 0.306 e. The van der Waals surface area contributed by atoms with E-state index in [4.69, 9.17) is 4.74 Å². The fourth-order valence-electron chi connectivity index (χ4n) is 4.29. The van der Waals surface area contributed by atoms with Crippen LogP contribution in [-0.2, 0) is 20.7 Å². The van der Waals surface area contributed by atoms with Crippen LogP contribution in [0.3, 0.4) is 0 Å². The summed E-state index contributed by atoms with van der Waals surface area (Å²) in [6.45, 7) is 9.14. The second-order valence-corrected chi connectivity index (χ2v) is 9.25. The molecular formula is C29H39N3O4. The molecule has 36 heavy (non-hydrogen) atoms. The summed E-state index contributed by atoms with van der Waals surface area (Å²) in [6, 6.07) is 15.3. The molecule has 0 spiro atoms. The second kappa shape index (κ2) is 14.4. The topological polar surface area (TPSA) is 78.9 Å². The molecule has 0 atom stereocenters. The number of aryl methyl sites for hydroxylation is 1. The molecule has 1 amide bonds. The van der Waals surface area contributed by atoms with Gasteiger partial charge in [0.1, 0.15) is 0 Å². The van der Waals surface area contributed by atoms with Crippen LogP contribution in [0, 0.1) is 0 Å². The fourth-order valence-corrected chi connectivity index (χ4v) is 4.29. The van der Waals surface area contributed by atoms with Crippen molar-refractivity contribution < 1.29 is 19.1 Å². The highest BCUT2D eigenvalue weighted by molar-refractivity contribution is 5.98. The molecule has 1 aliphatic rings. The van der Waals surface area contributed by atoms with Crippen LogP contribution in [0.1, 0.15) is 61.9 Å². The lowest BCUT2D eigenvalue weighted by molar-refractivity contribution is -0.147. The highest BCUT2D eigenvalue weighted by Crippen LogP contribution is 2.19. The molecule has 1 N–H and O–H groups in total. The third-order valence-corrected chi connectivity index (χ3v) is 6.60. The number of nitrogens with one attached hydrogen (secondary N) is 1. The molecule has 0 bridgehead atoms. The Balaban J connectivity index is 1.34. The number of likely N-dealkylation sites (N-methyl/N-ethyl adjacent to an activating group) is 1. The Labute approximate surface area is 214 Å². The summed E-state index contributed by atoms with van der Waals surface area (Å²) >= 11 is 0. The summed E-state index contributed by atoms with van der Waals surface area (Å²) in [6.07, 6.45) is 4.54. The molecule has 0 aromatic heterocycles. The molecule has 2 aromatic carbocycles. The average molecular weight is 494 g/mol. The van der Waals surface area contributed by atoms with E-state index in [9.17, 15) is 14.4 Å². The number of esters is 1. The van der Waals surface area contributed by atoms with Crippen LogP contribution in [0.25, 0.3) is 0 Å². The first-order valence-electron chi connectivity index (χ1n) is 13.1. The number of benzene rings is 2. The Morgan fingerprint density at radius 2 is 1.56 bits per heavy atom. The number of unbranched alkanes of at least 4 members (excludes halogenated alkanes) is 2. The van der Waals surface area contributed by atoms with Gasteiger partial charge in [0.25, 0.3) is 5.91 Å². The van der Waals surface area contributed by atoms with Gasteiger partial charge in [-0.3, -0.25) is 14.4 Å². The first-order valence-corrected chi connectivity index (χ1v) is 13.1. The Morgan fingerprint density at radius 1 is 0.861 bits per heavy atom. The number of carbonyl (C=O) groups excluding carboxylic acids is 3. The van der Waals surface area contributed by atoms with Gasteiger partial charge in [-0.25, -0.2) is 0 Å². The molecule has 1 heterocycles. The number of nitrogens with zero attached hydrogens (tertiary/aromatic N) is 2. The first-order chi connectivity index (χ1) is 17.5. The van der Waals surface area contributed by atoms with Crippen molar-refractivity contribution in [3.63, 3.8) is 0 Å². The van der Waals surface area contributed by atoms with Gasteiger partial charge < -0.3 is 19.9 Å². The zero-order chi connectivity index (χ0) is 25.8. The van der Waals surface area contributed by atoms with Crippen LogP contribution in [-0.4, -0.2) is 61.9 Å². The molecule has 1 fully saturated rings. The first kappa shape index (κ1) is 27.4. The number of carbonyl (C=O) groups is 3. The summed E-state index contributed by atoms with van der Waals surface area (Å²) in [5.74, 6) is -1.07. The molecule has 3 rings (SSSR count). The predicted octanol–water partition coefficient (Wildman–Crippen LogP) is 4.71. The molecule has 0 saturated carbocycles. The van der Waals surface area contributed by atoms with E-state index in [0.717, 1.165) is 51.3 Å². The third kappa shape index (κ3) is 8.79. The van der Waals surface area contributed by atoms with Gasteiger partial charge in [0.05, 0.1) is 6.42 Å². The van der Waals surface area contributed by atoms with Gasteiger partial charge >= 0.3 is 5.97 Å². The SMILES string of the molecule is CCCCCc1ccc(C(=O)CCC(=O)OCC(=O)Nc2ccc(N3CCN(CC)CC3)cc2)cc1. The number of anilines is 2. The number of Topliss-reactive ketones (excluding diaryl/α,β-unsaturated/α-hetero) is 1. The quantitative estimate of drug-likeness (QED) is 0.247. The Bertz CT molecular complexity index is 981. The Kier molecular flexibility index (Phi) is 11.0. The minimum absolute atomic E-state index is 0.0512. The highest BCUT2D eigenvalue weighted by Gasteiger charge is 2.16. The van der Waals surface area contributed by atoms with E-state index in [1.165, 1.54) is 18.4 Å². The molecule has 2 aromatic rings. The minimum Gasteiger partial charge on any atom is -0.456 e. The van der Waals surface area contributed by atoms with Crippen molar-refractivity contribution in [2.75, 3.05) is 49.5 Å². The largest absolute Gasteiger partial charge is 0.456 e. The number of amides is 1. The van der Waals surface area contributed by atoms with E-state index in [0.29, 0.717) is 11.3 Å². The van der Waals surface area contributed by atoms with E-state index in [1.807, 2.05) is 48.5 Å². The molecule has 0 radical (unpaired) electrons. The molecule has 1 saturated heterocycles. The van der Waals surface area contributed by atoms with E-state index < -0.39 is 11.9 Å². The molecule has 194 valence electrons. The zero-order valence-corrected chi connectivity index (χ0v) is 21.6. The van der Waals surface area contributed by atoms with E-state index in [2.05, 4.69) is 29.0 Å². The summed E-state index contributed by atoms with van der Waals surface area (Å²) in [5.41, 5.74) is 3.59. The highest BCUT2D eigenvalue weighted by atomic mass is 16.5. The lowest BCUT2D eigenvalue weighted by Crippen LogP contribution is -2.46. The minimum atomic E-state index is -0.559. The van der Waals surface area contributed by atoms with Gasteiger partial charge in [0.15, 0.2) is 12.4 Å². The summed E-state index contributed by atoms with van der Waals surface area (Å²) in [4.78, 5) is 41.4. The number of rotatable bonds is 13. The molecular weight excluding hydrogens is 454 g/mol. The van der Waals surface area contributed by atoms with Gasteiger partial charge in [-0.2, -0.15) is 0 Å². The standard InChI is InChI=1S/C29H39N3O4/c1-3-5-6-7-23-8-10-24(11-9-23)27(33)16-17-29(35)36-22-28(34)30-25-12-14-26(15-13-25)32-20-18-31(4-2)19-21-32/h8-15H,3-7,16-22H2,1-2H3,(H,30,34). The molecule has 1 aliphatic heterocycles. The van der Waals surface area contributed by atoms with Gasteiger partial charge in [0.2, 0.25) is 0 Å². The van der Waals surface area contributed by atoms with Crippen molar-refractivity contribution in [1.29, 1.82) is 0 Å². The number of piperazine rings is 1. The van der Waals surface area contributed by atoms with Gasteiger partial charge in [-0.1, -0.05) is 51.0 Å². The van der Waals surface area contributed by atoms with Crippen molar-refractivity contribution in [3.8, 4) is 0 Å². The average Bonchev–Trinajstić information content (AvgIpc) is 2.91. The summed E-state index contributed by atoms with van der Waals surface area (Å²) in [5, 5.41) is 2.75. The number of ether oxygens (including phenoxy) is 1. The van der Waals surface area contributed by atoms with Crippen LogP contribution in [0.5, 0.6) is 0 Å². The maximum atomic E-state index is 12.4. The van der Waals surface area contributed by atoms with Gasteiger partial charge in [0, 0.05) is 49.5 Å². The van der Waals surface area contributed by atoms with Crippen molar-refractivity contribution in [1.82, 2.24) is 4.90 Å². The van der Waals surface area contributed by atoms with Crippen molar-refractivity contribution >= 4 is 29.0 Å². The van der Waals surface area contributed by atoms with Crippen molar-refractivity contribution in [2.24, 2.45) is 0 Å². The Morgan fingerprint density at radius 3 is 2.19 bits per heavy atom. The molecule has 7 heteroatoms. The van der Waals surface area contributed by atoms with Crippen LogP contribution in [0.2, 0.25) is 0 Å². The van der Waals surface area contributed by atoms with Crippen LogP contribution < -0.4 is 10.2 Å². The van der Waals surface area contributed by atoms with Crippen LogP contribution in [0.15, 0.2) is 48.5 Å². The van der Waals surface area contributed by atoms with E-state index in [1.54, 1.807) is 0 Å². The van der Waals surface area contributed by atoms with Gasteiger partial charge in [-0.15, -0.1) is 0 Å². The lowest BCUT2D eigenvalue weighted by Gasteiger charge is -2.35. The number of hydrogen-bond acceptors (Lipinski definition) is 6. The van der Waals surface area contributed by atoms with Gasteiger partial charge in [-0.05, 0) is 49.2 Å². The van der Waals surface area contributed by atoms with Crippen molar-refractivity contribution in [3.05, 3.63) is 59.7 Å². The molecule has 0 unspecified atom stereocenters. The second-order valence-electron chi connectivity index (χ2n) is 9.25. The monoisotopic (exact) mass is 493 g/mol. The maximum Gasteiger partial charge on any atom is 0.306 e. The van der Waals surface area contributed by atoms with E-state index >= 15 is 0 Å². The number of ketones is 1. The van der Waals surface area contributed by atoms with E-state index in [-0.39, 0.29) is 25.2 Å². The summed E-state index contributed by atoms with van der Waals surface area (Å²) in [7, 11) is 0. The normalized spacial score (nSPS) is 13.9. The number of hydrogen-bond donors (Lipinski definition) is 1. The third-order valence-electron chi connectivity index (χ3n) is 6.60. The maximum absolute atomic E-state index is 12.4.